The van der Waals surface area contributed by atoms with Crippen LogP contribution in [0.5, 0.6) is 0 Å². The zero-order valence-electron chi connectivity index (χ0n) is 14.2. The van der Waals surface area contributed by atoms with E-state index in [1.165, 1.54) is 0 Å². The van der Waals surface area contributed by atoms with Gasteiger partial charge in [0, 0.05) is 32.8 Å². The van der Waals surface area contributed by atoms with E-state index in [2.05, 4.69) is 5.09 Å². The lowest BCUT2D eigenvalue weighted by Gasteiger charge is -2.35. The molecule has 0 aliphatic carbocycles. The Bertz CT molecular complexity index is 395. The molecule has 1 heterocycles. The number of esters is 1. The minimum atomic E-state index is -0.470. The molecule has 1 fully saturated rings. The molecule has 0 saturated carbocycles. The first-order valence-corrected chi connectivity index (χ1v) is 10.5. The molecule has 2 atom stereocenters. The third-order valence-electron chi connectivity index (χ3n) is 2.66. The van der Waals surface area contributed by atoms with Gasteiger partial charge in [0.1, 0.15) is 11.6 Å². The van der Waals surface area contributed by atoms with Crippen molar-refractivity contribution in [1.82, 2.24) is 9.99 Å². The molecular weight excluding hydrogens is 323 g/mol. The van der Waals surface area contributed by atoms with Crippen molar-refractivity contribution in [2.24, 2.45) is 0 Å². The average molecular weight is 350 g/mol. The fraction of sp³-hybridized carbons (Fsp3) is 0.857. The normalized spacial score (nSPS) is 21.2. The predicted octanol–water partition coefficient (Wildman–Crippen LogP) is 2.82. The summed E-state index contributed by atoms with van der Waals surface area (Å²) in [5, 5.41) is 3.24. The molecule has 0 aromatic carbocycles. The number of amides is 1. The van der Waals surface area contributed by atoms with Crippen LogP contribution >= 0.6 is 18.7 Å². The molecule has 1 amide bonds. The summed E-state index contributed by atoms with van der Waals surface area (Å²) in [7, 11) is 1.35. The van der Waals surface area contributed by atoms with Crippen LogP contribution in [0.4, 0.5) is 4.79 Å². The molecule has 1 aliphatic heterocycles. The number of nitrogens with zero attached hydrogens (tertiary/aromatic N) is 1. The molecule has 6 nitrogen and oxygen atoms in total. The van der Waals surface area contributed by atoms with Crippen molar-refractivity contribution in [3.63, 3.8) is 0 Å². The maximum absolute atomic E-state index is 11.8. The van der Waals surface area contributed by atoms with Crippen molar-refractivity contribution in [1.29, 1.82) is 0 Å². The van der Waals surface area contributed by atoms with Gasteiger partial charge in [-0.15, -0.1) is 11.4 Å². The van der Waals surface area contributed by atoms with Crippen LogP contribution in [0, 0.1) is 0 Å². The summed E-state index contributed by atoms with van der Waals surface area (Å²) in [5.41, 5.74) is -0.470. The topological polar surface area (TPSA) is 67.9 Å². The van der Waals surface area contributed by atoms with Crippen molar-refractivity contribution in [2.45, 2.75) is 52.4 Å². The van der Waals surface area contributed by atoms with Gasteiger partial charge in [-0.2, -0.15) is 0 Å². The Hall–Kier alpha value is -0.520. The van der Waals surface area contributed by atoms with E-state index >= 15 is 0 Å². The zero-order chi connectivity index (χ0) is 16.9. The molecule has 0 radical (unpaired) electrons. The molecule has 0 bridgehead atoms. The minimum Gasteiger partial charge on any atom is -0.462 e. The standard InChI is InChI=1S/C14H27N2O4PS/c1-10(2)19-12(17)11-9-21(15-11)22-8-7-16(6)13(18)20-14(3,4)5/h10-11,15H,7-9H2,1-6H3. The van der Waals surface area contributed by atoms with Crippen molar-refractivity contribution in [2.75, 3.05) is 25.5 Å². The molecule has 8 heteroatoms. The summed E-state index contributed by atoms with van der Waals surface area (Å²) in [6.45, 7) is 9.88. The second-order valence-corrected chi connectivity index (χ2v) is 10.6. The van der Waals surface area contributed by atoms with Gasteiger partial charge in [-0.1, -0.05) is 0 Å². The maximum Gasteiger partial charge on any atom is 0.410 e. The van der Waals surface area contributed by atoms with Gasteiger partial charge in [-0.3, -0.25) is 9.88 Å². The SMILES string of the molecule is CC(C)OC(=O)C1CP(SCCN(C)C(=O)OC(C)(C)C)N1. The molecule has 22 heavy (non-hydrogen) atoms. The van der Waals surface area contributed by atoms with Crippen molar-refractivity contribution >= 4 is 30.7 Å². The lowest BCUT2D eigenvalue weighted by atomic mass is 10.2. The molecule has 0 spiro atoms. The Labute approximate surface area is 138 Å². The minimum absolute atomic E-state index is 0.0729. The van der Waals surface area contributed by atoms with E-state index in [4.69, 9.17) is 9.47 Å². The van der Waals surface area contributed by atoms with Crippen molar-refractivity contribution in [3.05, 3.63) is 0 Å². The number of carbonyl (C=O) groups excluding carboxylic acids is 2. The number of ether oxygens (including phenoxy) is 2. The Balaban J connectivity index is 2.14. The van der Waals surface area contributed by atoms with Gasteiger partial charge >= 0.3 is 12.1 Å². The van der Waals surface area contributed by atoms with Crippen LogP contribution in [0.1, 0.15) is 34.6 Å². The lowest BCUT2D eigenvalue weighted by Crippen LogP contribution is -2.47. The quantitative estimate of drug-likeness (QED) is 0.587. The highest BCUT2D eigenvalue weighted by molar-refractivity contribution is 8.55. The third-order valence-corrected chi connectivity index (χ3v) is 6.88. The van der Waals surface area contributed by atoms with E-state index in [9.17, 15) is 9.59 Å². The van der Waals surface area contributed by atoms with Crippen LogP contribution in [-0.4, -0.2) is 60.2 Å². The zero-order valence-corrected chi connectivity index (χ0v) is 15.9. The second-order valence-electron chi connectivity index (χ2n) is 6.46. The highest BCUT2D eigenvalue weighted by Gasteiger charge is 2.35. The number of carbonyl (C=O) groups is 2. The third kappa shape index (κ3) is 7.16. The molecule has 1 rings (SSSR count). The number of hydrogen-bond acceptors (Lipinski definition) is 6. The highest BCUT2D eigenvalue weighted by atomic mass is 32.7. The van der Waals surface area contributed by atoms with Crippen LogP contribution in [0.3, 0.4) is 0 Å². The Morgan fingerprint density at radius 1 is 1.41 bits per heavy atom. The Morgan fingerprint density at radius 3 is 2.50 bits per heavy atom. The Kier molecular flexibility index (Phi) is 7.42. The molecule has 2 unspecified atom stereocenters. The van der Waals surface area contributed by atoms with E-state index in [-0.39, 0.29) is 31.5 Å². The summed E-state index contributed by atoms with van der Waals surface area (Å²) in [5.74, 6) is 0.653. The fourth-order valence-corrected chi connectivity index (χ4v) is 5.50. The van der Waals surface area contributed by atoms with Crippen LogP contribution < -0.4 is 5.09 Å². The molecule has 128 valence electrons. The number of hydrogen-bond donors (Lipinski definition) is 1. The molecule has 1 aliphatic rings. The van der Waals surface area contributed by atoms with Gasteiger partial charge in [0.2, 0.25) is 0 Å². The highest BCUT2D eigenvalue weighted by Crippen LogP contribution is 2.53. The van der Waals surface area contributed by atoms with Crippen molar-refractivity contribution < 1.29 is 19.1 Å². The van der Waals surface area contributed by atoms with E-state index in [0.717, 1.165) is 11.9 Å². The summed E-state index contributed by atoms with van der Waals surface area (Å²) in [4.78, 5) is 25.0. The van der Waals surface area contributed by atoms with Gasteiger partial charge in [0.15, 0.2) is 0 Å². The molecule has 0 aromatic rings. The molecule has 1 saturated heterocycles. The van der Waals surface area contributed by atoms with Crippen LogP contribution in [0.15, 0.2) is 0 Å². The largest absolute Gasteiger partial charge is 0.462 e. The second kappa shape index (κ2) is 8.37. The summed E-state index contributed by atoms with van der Waals surface area (Å²) < 4.78 is 10.4. The van der Waals surface area contributed by atoms with Gasteiger partial charge in [-0.25, -0.2) is 4.79 Å². The molecular formula is C14H27N2O4PS. The van der Waals surface area contributed by atoms with E-state index in [0.29, 0.717) is 6.54 Å². The maximum atomic E-state index is 11.8. The van der Waals surface area contributed by atoms with Crippen LogP contribution in [0.2, 0.25) is 0 Å². The number of nitrogens with one attached hydrogen (secondary N) is 1. The van der Waals surface area contributed by atoms with E-state index in [1.807, 2.05) is 34.6 Å². The summed E-state index contributed by atoms with van der Waals surface area (Å²) in [6.07, 6.45) is 0.457. The monoisotopic (exact) mass is 350 g/mol. The summed E-state index contributed by atoms with van der Waals surface area (Å²) >= 11 is 1.76. The first-order chi connectivity index (χ1) is 10.1. The average Bonchev–Trinajstić information content (AvgIpc) is 2.28. The molecule has 0 aromatic heterocycles. The molecule has 1 N–H and O–H groups in total. The predicted molar refractivity (Wildman–Crippen MR) is 91.3 cm³/mol. The first-order valence-electron chi connectivity index (χ1n) is 7.39. The first kappa shape index (κ1) is 19.5. The fourth-order valence-electron chi connectivity index (χ4n) is 1.57. The van der Waals surface area contributed by atoms with Gasteiger partial charge in [-0.05, 0) is 34.6 Å². The summed E-state index contributed by atoms with van der Waals surface area (Å²) in [6, 6.07) is -0.162. The van der Waals surface area contributed by atoms with Gasteiger partial charge in [0.25, 0.3) is 0 Å². The van der Waals surface area contributed by atoms with Gasteiger partial charge in [0.05, 0.1) is 6.10 Å². The van der Waals surface area contributed by atoms with E-state index < -0.39 is 5.60 Å². The lowest BCUT2D eigenvalue weighted by molar-refractivity contribution is -0.149. The van der Waals surface area contributed by atoms with Crippen molar-refractivity contribution in [3.8, 4) is 0 Å². The smallest absolute Gasteiger partial charge is 0.410 e. The Morgan fingerprint density at radius 2 is 2.00 bits per heavy atom. The van der Waals surface area contributed by atoms with Gasteiger partial charge < -0.3 is 14.4 Å². The van der Waals surface area contributed by atoms with Crippen LogP contribution in [-0.2, 0) is 14.3 Å². The van der Waals surface area contributed by atoms with E-state index in [1.54, 1.807) is 23.3 Å². The van der Waals surface area contributed by atoms with Crippen LogP contribution in [0.25, 0.3) is 0 Å². The number of rotatable bonds is 6.